The summed E-state index contributed by atoms with van der Waals surface area (Å²) in [5.74, 6) is 0.113. The third-order valence-electron chi connectivity index (χ3n) is 4.13. The number of piperidine rings is 1. The Bertz CT molecular complexity index is 492. The zero-order chi connectivity index (χ0) is 16.8. The summed E-state index contributed by atoms with van der Waals surface area (Å²) in [5.41, 5.74) is 0.944. The zero-order valence-electron chi connectivity index (χ0n) is 14.3. The second-order valence-electron chi connectivity index (χ2n) is 6.46. The second kappa shape index (κ2) is 8.43. The van der Waals surface area contributed by atoms with Crippen LogP contribution in [0.5, 0.6) is 0 Å². The van der Waals surface area contributed by atoms with Crippen LogP contribution in [0.2, 0.25) is 0 Å². The fraction of sp³-hybridized carbons (Fsp3) is 0.611. The lowest BCUT2D eigenvalue weighted by atomic mass is 10.0. The van der Waals surface area contributed by atoms with Crippen LogP contribution in [0, 0.1) is 0 Å². The first-order chi connectivity index (χ1) is 11.0. The Labute approximate surface area is 138 Å². The minimum absolute atomic E-state index is 0.0971. The molecule has 5 heteroatoms. The number of para-hydroxylation sites is 1. The predicted molar refractivity (Wildman–Crippen MR) is 91.5 cm³/mol. The molecule has 2 atom stereocenters. The highest BCUT2D eigenvalue weighted by Crippen LogP contribution is 2.23. The van der Waals surface area contributed by atoms with Gasteiger partial charge < -0.3 is 14.7 Å². The van der Waals surface area contributed by atoms with Crippen molar-refractivity contribution >= 4 is 11.6 Å². The van der Waals surface area contributed by atoms with Gasteiger partial charge in [0.25, 0.3) is 0 Å². The molecule has 0 radical (unpaired) electrons. The van der Waals surface area contributed by atoms with Crippen LogP contribution in [0.3, 0.4) is 0 Å². The van der Waals surface area contributed by atoms with Gasteiger partial charge in [-0.05, 0) is 45.9 Å². The van der Waals surface area contributed by atoms with E-state index in [4.69, 9.17) is 4.74 Å². The lowest BCUT2D eigenvalue weighted by Crippen LogP contribution is -2.53. The molecule has 1 aromatic carbocycles. The topological polar surface area (TPSA) is 53.0 Å². The summed E-state index contributed by atoms with van der Waals surface area (Å²) < 4.78 is 5.44. The number of rotatable bonds is 7. The molecular formula is C18H28N2O3. The molecule has 0 aliphatic carbocycles. The standard InChI is InChI=1S/C18H28N2O3/c1-14(2)23-13-16(21)12-19(3)17-10-7-11-20(18(17)22)15-8-5-4-6-9-15/h4-6,8-9,14,16-17,21H,7,10-13H2,1-3H3. The van der Waals surface area contributed by atoms with Gasteiger partial charge in [-0.25, -0.2) is 0 Å². The van der Waals surface area contributed by atoms with Crippen molar-refractivity contribution in [3.63, 3.8) is 0 Å². The number of aliphatic hydroxyl groups excluding tert-OH is 1. The summed E-state index contributed by atoms with van der Waals surface area (Å²) >= 11 is 0. The van der Waals surface area contributed by atoms with Gasteiger partial charge in [0.15, 0.2) is 0 Å². The van der Waals surface area contributed by atoms with Crippen molar-refractivity contribution in [1.82, 2.24) is 4.90 Å². The number of hydrogen-bond donors (Lipinski definition) is 1. The Morgan fingerprint density at radius 3 is 2.70 bits per heavy atom. The van der Waals surface area contributed by atoms with Gasteiger partial charge >= 0.3 is 0 Å². The minimum Gasteiger partial charge on any atom is -0.389 e. The Kier molecular flexibility index (Phi) is 6.57. The maximum Gasteiger partial charge on any atom is 0.244 e. The molecule has 0 bridgehead atoms. The first-order valence-corrected chi connectivity index (χ1v) is 8.35. The molecule has 0 spiro atoms. The number of ether oxygens (including phenoxy) is 1. The van der Waals surface area contributed by atoms with Gasteiger partial charge in [0.1, 0.15) is 0 Å². The largest absolute Gasteiger partial charge is 0.389 e. The number of carbonyl (C=O) groups is 1. The molecule has 1 amide bonds. The molecule has 2 unspecified atom stereocenters. The van der Waals surface area contributed by atoms with Crippen molar-refractivity contribution in [2.75, 3.05) is 31.6 Å². The van der Waals surface area contributed by atoms with Crippen molar-refractivity contribution in [2.45, 2.75) is 44.9 Å². The van der Waals surface area contributed by atoms with Crippen molar-refractivity contribution in [1.29, 1.82) is 0 Å². The summed E-state index contributed by atoms with van der Waals surface area (Å²) in [5, 5.41) is 10.1. The van der Waals surface area contributed by atoms with Gasteiger partial charge in [0.05, 0.1) is 24.9 Å². The van der Waals surface area contributed by atoms with E-state index in [0.29, 0.717) is 13.2 Å². The maximum absolute atomic E-state index is 12.8. The number of carbonyl (C=O) groups excluding carboxylic acids is 1. The minimum atomic E-state index is -0.581. The summed E-state index contributed by atoms with van der Waals surface area (Å²) in [7, 11) is 1.90. The molecule has 1 saturated heterocycles. The van der Waals surface area contributed by atoms with Gasteiger partial charge in [-0.15, -0.1) is 0 Å². The average Bonchev–Trinajstić information content (AvgIpc) is 2.54. The quantitative estimate of drug-likeness (QED) is 0.834. The highest BCUT2D eigenvalue weighted by atomic mass is 16.5. The molecule has 23 heavy (non-hydrogen) atoms. The number of nitrogens with zero attached hydrogens (tertiary/aromatic N) is 2. The van der Waals surface area contributed by atoms with Crippen molar-refractivity contribution < 1.29 is 14.6 Å². The lowest BCUT2D eigenvalue weighted by Gasteiger charge is -2.37. The van der Waals surface area contributed by atoms with Gasteiger partial charge in [0, 0.05) is 18.8 Å². The van der Waals surface area contributed by atoms with E-state index in [1.54, 1.807) is 0 Å². The van der Waals surface area contributed by atoms with E-state index in [0.717, 1.165) is 25.1 Å². The summed E-state index contributed by atoms with van der Waals surface area (Å²) in [6.45, 7) is 5.38. The van der Waals surface area contributed by atoms with E-state index < -0.39 is 6.10 Å². The molecule has 1 heterocycles. The Balaban J connectivity index is 1.95. The molecule has 1 fully saturated rings. The fourth-order valence-corrected chi connectivity index (χ4v) is 2.95. The van der Waals surface area contributed by atoms with Crippen molar-refractivity contribution in [3.8, 4) is 0 Å². The van der Waals surface area contributed by atoms with Crippen LogP contribution in [-0.2, 0) is 9.53 Å². The Morgan fingerprint density at radius 1 is 1.35 bits per heavy atom. The van der Waals surface area contributed by atoms with Crippen molar-refractivity contribution in [3.05, 3.63) is 30.3 Å². The molecule has 1 N–H and O–H groups in total. The molecule has 1 aliphatic heterocycles. The van der Waals surface area contributed by atoms with Gasteiger partial charge in [-0.3, -0.25) is 9.69 Å². The highest BCUT2D eigenvalue weighted by Gasteiger charge is 2.32. The summed E-state index contributed by atoms with van der Waals surface area (Å²) in [6.07, 6.45) is 1.31. The van der Waals surface area contributed by atoms with Crippen LogP contribution < -0.4 is 4.90 Å². The van der Waals surface area contributed by atoms with E-state index in [1.165, 1.54) is 0 Å². The third kappa shape index (κ3) is 5.03. The highest BCUT2D eigenvalue weighted by molar-refractivity contribution is 5.97. The fourth-order valence-electron chi connectivity index (χ4n) is 2.95. The molecule has 0 saturated carbocycles. The summed E-state index contributed by atoms with van der Waals surface area (Å²) in [6, 6.07) is 9.59. The SMILES string of the molecule is CC(C)OCC(O)CN(C)C1CCCN(c2ccccc2)C1=O. The number of aliphatic hydroxyl groups is 1. The van der Waals surface area contributed by atoms with E-state index in [2.05, 4.69) is 0 Å². The molecule has 128 valence electrons. The number of likely N-dealkylation sites (N-methyl/N-ethyl adjacent to an activating group) is 1. The van der Waals surface area contributed by atoms with Gasteiger partial charge in [0.2, 0.25) is 5.91 Å². The zero-order valence-corrected chi connectivity index (χ0v) is 14.3. The van der Waals surface area contributed by atoms with Crippen LogP contribution >= 0.6 is 0 Å². The maximum atomic E-state index is 12.8. The van der Waals surface area contributed by atoms with E-state index >= 15 is 0 Å². The average molecular weight is 320 g/mol. The molecule has 2 rings (SSSR count). The number of hydrogen-bond acceptors (Lipinski definition) is 4. The smallest absolute Gasteiger partial charge is 0.244 e. The van der Waals surface area contributed by atoms with Crippen LogP contribution in [0.15, 0.2) is 30.3 Å². The van der Waals surface area contributed by atoms with Crippen LogP contribution in [-0.4, -0.2) is 60.9 Å². The van der Waals surface area contributed by atoms with E-state index in [9.17, 15) is 9.90 Å². The lowest BCUT2D eigenvalue weighted by molar-refractivity contribution is -0.125. The first-order valence-electron chi connectivity index (χ1n) is 8.35. The monoisotopic (exact) mass is 320 g/mol. The van der Waals surface area contributed by atoms with E-state index in [1.807, 2.05) is 61.0 Å². The molecule has 5 nitrogen and oxygen atoms in total. The number of amides is 1. The normalized spacial score (nSPS) is 20.3. The van der Waals surface area contributed by atoms with E-state index in [-0.39, 0.29) is 18.1 Å². The second-order valence-corrected chi connectivity index (χ2v) is 6.46. The predicted octanol–water partition coefficient (Wildman–Crippen LogP) is 1.90. The van der Waals surface area contributed by atoms with Crippen LogP contribution in [0.25, 0.3) is 0 Å². The van der Waals surface area contributed by atoms with Crippen LogP contribution in [0.1, 0.15) is 26.7 Å². The third-order valence-corrected chi connectivity index (χ3v) is 4.13. The molecule has 0 aromatic heterocycles. The van der Waals surface area contributed by atoms with Gasteiger partial charge in [-0.1, -0.05) is 18.2 Å². The molecule has 1 aliphatic rings. The number of anilines is 1. The number of benzene rings is 1. The van der Waals surface area contributed by atoms with Gasteiger partial charge in [-0.2, -0.15) is 0 Å². The van der Waals surface area contributed by atoms with Crippen LogP contribution in [0.4, 0.5) is 5.69 Å². The first kappa shape index (κ1) is 17.9. The van der Waals surface area contributed by atoms with Crippen molar-refractivity contribution in [2.24, 2.45) is 0 Å². The molecule has 1 aromatic rings. The summed E-state index contributed by atoms with van der Waals surface area (Å²) in [4.78, 5) is 16.6. The molecular weight excluding hydrogens is 292 g/mol. The Hall–Kier alpha value is -1.43. The Morgan fingerprint density at radius 2 is 2.04 bits per heavy atom.